The predicted molar refractivity (Wildman–Crippen MR) is 72.9 cm³/mol. The number of hydrogen-bond acceptors (Lipinski definition) is 2. The highest BCUT2D eigenvalue weighted by molar-refractivity contribution is 6.53. The van der Waals surface area contributed by atoms with Gasteiger partial charge in [0.1, 0.15) is 0 Å². The van der Waals surface area contributed by atoms with E-state index in [9.17, 15) is 0 Å². The van der Waals surface area contributed by atoms with Gasteiger partial charge in [0, 0.05) is 0 Å². The summed E-state index contributed by atoms with van der Waals surface area (Å²) in [7, 11) is 0.734. The number of rotatable bonds is 7. The summed E-state index contributed by atoms with van der Waals surface area (Å²) in [4.78, 5) is 0. The molecule has 0 N–H and O–H groups in total. The third-order valence-corrected chi connectivity index (χ3v) is 3.37. The van der Waals surface area contributed by atoms with Crippen LogP contribution in [0.15, 0.2) is 30.3 Å². The molecule has 0 aromatic heterocycles. The predicted octanol–water partition coefficient (Wildman–Crippen LogP) is 2.61. The lowest BCUT2D eigenvalue weighted by atomic mass is 10.4. The Kier molecular flexibility index (Phi) is 6.48. The van der Waals surface area contributed by atoms with Crippen LogP contribution in [-0.4, -0.2) is 28.0 Å². The van der Waals surface area contributed by atoms with Crippen molar-refractivity contribution in [2.75, 3.05) is 0 Å². The molecule has 0 aliphatic carbocycles. The number of benzene rings is 1. The molecule has 2 radical (unpaired) electrons. The maximum Gasteiger partial charge on any atom is 0.155 e. The average molecular weight is 250 g/mol. The van der Waals surface area contributed by atoms with Gasteiger partial charge in [-0.15, -0.1) is 0 Å². The molecular weight excluding hydrogens is 228 g/mol. The van der Waals surface area contributed by atoms with Crippen LogP contribution in [0.4, 0.5) is 0 Å². The first kappa shape index (κ1) is 14.4. The smallest absolute Gasteiger partial charge is 0.155 e. The fourth-order valence-electron chi connectivity index (χ4n) is 1.49. The van der Waals surface area contributed by atoms with E-state index in [1.165, 1.54) is 5.19 Å². The molecule has 0 heterocycles. The quantitative estimate of drug-likeness (QED) is 0.547. The van der Waals surface area contributed by atoms with E-state index >= 15 is 0 Å². The molecule has 0 aliphatic heterocycles. The minimum Gasteiger partial charge on any atom is -0.350 e. The Hall–Kier alpha value is -0.643. The monoisotopic (exact) mass is 250 g/mol. The highest BCUT2D eigenvalue weighted by atomic mass is 28.2. The van der Waals surface area contributed by atoms with Crippen LogP contribution in [0.2, 0.25) is 6.04 Å². The first-order chi connectivity index (χ1) is 8.08. The second kappa shape index (κ2) is 7.64. The maximum atomic E-state index is 5.77. The van der Waals surface area contributed by atoms with Gasteiger partial charge in [-0.2, -0.15) is 0 Å². The lowest BCUT2D eigenvalue weighted by Crippen LogP contribution is -2.28. The molecule has 94 valence electrons. The van der Waals surface area contributed by atoms with Gasteiger partial charge in [0.05, 0.1) is 21.7 Å². The van der Waals surface area contributed by atoms with E-state index in [-0.39, 0.29) is 18.5 Å². The first-order valence-corrected chi connectivity index (χ1v) is 7.38. The molecular formula is C14H22O2Si. The molecule has 0 aliphatic rings. The average Bonchev–Trinajstić information content (AvgIpc) is 2.26. The van der Waals surface area contributed by atoms with Crippen molar-refractivity contribution in [1.82, 2.24) is 0 Å². The van der Waals surface area contributed by atoms with Crippen LogP contribution in [-0.2, 0) is 9.47 Å². The highest BCUT2D eigenvalue weighted by Crippen LogP contribution is 2.08. The maximum absolute atomic E-state index is 5.77. The third-order valence-electron chi connectivity index (χ3n) is 2.09. The third kappa shape index (κ3) is 6.61. The van der Waals surface area contributed by atoms with Crippen molar-refractivity contribution in [3.05, 3.63) is 30.3 Å². The molecule has 0 fully saturated rings. The van der Waals surface area contributed by atoms with Crippen molar-refractivity contribution in [2.24, 2.45) is 0 Å². The zero-order valence-electron chi connectivity index (χ0n) is 11.1. The van der Waals surface area contributed by atoms with Crippen molar-refractivity contribution in [2.45, 2.75) is 52.2 Å². The minimum atomic E-state index is -0.0893. The summed E-state index contributed by atoms with van der Waals surface area (Å²) in [6.07, 6.45) is 0.326. The first-order valence-electron chi connectivity index (χ1n) is 6.17. The Morgan fingerprint density at radius 1 is 0.941 bits per heavy atom. The molecule has 1 rings (SSSR count). The minimum absolute atomic E-state index is 0.0893. The van der Waals surface area contributed by atoms with E-state index < -0.39 is 0 Å². The van der Waals surface area contributed by atoms with Crippen LogP contribution in [0.5, 0.6) is 0 Å². The molecule has 0 unspecified atom stereocenters. The molecule has 0 saturated carbocycles. The molecule has 0 amide bonds. The summed E-state index contributed by atoms with van der Waals surface area (Å²) in [5.74, 6) is 0. The molecule has 0 atom stereocenters. The Balaban J connectivity index is 2.43. The fourth-order valence-corrected chi connectivity index (χ4v) is 2.52. The zero-order chi connectivity index (χ0) is 12.7. The Labute approximate surface area is 107 Å². The summed E-state index contributed by atoms with van der Waals surface area (Å²) in [6, 6.07) is 11.4. The summed E-state index contributed by atoms with van der Waals surface area (Å²) in [6.45, 7) is 8.18. The van der Waals surface area contributed by atoms with Crippen molar-refractivity contribution in [3.63, 3.8) is 0 Å². The molecule has 0 bridgehead atoms. The number of hydrogen-bond donors (Lipinski definition) is 0. The van der Waals surface area contributed by atoms with E-state index in [2.05, 4.69) is 24.3 Å². The van der Waals surface area contributed by atoms with Crippen LogP contribution in [0.1, 0.15) is 27.7 Å². The summed E-state index contributed by atoms with van der Waals surface area (Å²) in [5, 5.41) is 1.36. The van der Waals surface area contributed by atoms with Gasteiger partial charge in [-0.3, -0.25) is 0 Å². The van der Waals surface area contributed by atoms with E-state index in [1.54, 1.807) is 0 Å². The van der Waals surface area contributed by atoms with Crippen LogP contribution in [0.3, 0.4) is 0 Å². The fraction of sp³-hybridized carbons (Fsp3) is 0.571. The normalized spacial score (nSPS) is 11.7. The zero-order valence-corrected chi connectivity index (χ0v) is 12.1. The summed E-state index contributed by atoms with van der Waals surface area (Å²) < 4.78 is 11.5. The van der Waals surface area contributed by atoms with Gasteiger partial charge in [0.15, 0.2) is 6.29 Å². The number of ether oxygens (including phenoxy) is 2. The van der Waals surface area contributed by atoms with Crippen LogP contribution in [0, 0.1) is 0 Å². The van der Waals surface area contributed by atoms with Gasteiger partial charge in [-0.1, -0.05) is 35.5 Å². The topological polar surface area (TPSA) is 18.5 Å². The largest absolute Gasteiger partial charge is 0.350 e. The van der Waals surface area contributed by atoms with E-state index in [0.29, 0.717) is 0 Å². The van der Waals surface area contributed by atoms with Crippen molar-refractivity contribution >= 4 is 14.7 Å². The van der Waals surface area contributed by atoms with E-state index in [0.717, 1.165) is 15.6 Å². The molecule has 17 heavy (non-hydrogen) atoms. The van der Waals surface area contributed by atoms with Crippen molar-refractivity contribution in [1.29, 1.82) is 0 Å². The molecule has 1 aromatic rings. The van der Waals surface area contributed by atoms with Gasteiger partial charge >= 0.3 is 0 Å². The van der Waals surface area contributed by atoms with E-state index in [1.807, 2.05) is 33.8 Å². The van der Waals surface area contributed by atoms with Crippen LogP contribution < -0.4 is 5.19 Å². The summed E-state index contributed by atoms with van der Waals surface area (Å²) >= 11 is 0. The van der Waals surface area contributed by atoms with Crippen LogP contribution >= 0.6 is 0 Å². The molecule has 0 spiro atoms. The second-order valence-corrected chi connectivity index (χ2v) is 5.89. The Bertz CT molecular complexity index is 288. The molecule has 1 aromatic carbocycles. The lowest BCUT2D eigenvalue weighted by Gasteiger charge is -2.22. The second-order valence-electron chi connectivity index (χ2n) is 4.55. The Morgan fingerprint density at radius 2 is 1.47 bits per heavy atom. The molecule has 2 nitrogen and oxygen atoms in total. The molecule has 3 heteroatoms. The van der Waals surface area contributed by atoms with Gasteiger partial charge in [-0.25, -0.2) is 0 Å². The SMILES string of the molecule is CC(C)OC(C[Si]c1ccccc1)OC(C)C. The van der Waals surface area contributed by atoms with Crippen LogP contribution in [0.25, 0.3) is 0 Å². The molecule has 0 saturated heterocycles. The van der Waals surface area contributed by atoms with Gasteiger partial charge in [-0.05, 0) is 33.7 Å². The van der Waals surface area contributed by atoms with Gasteiger partial charge in [0.2, 0.25) is 0 Å². The summed E-state index contributed by atoms with van der Waals surface area (Å²) in [5.41, 5.74) is 0. The van der Waals surface area contributed by atoms with Crippen molar-refractivity contribution < 1.29 is 9.47 Å². The highest BCUT2D eigenvalue weighted by Gasteiger charge is 2.13. The van der Waals surface area contributed by atoms with Gasteiger partial charge < -0.3 is 9.47 Å². The van der Waals surface area contributed by atoms with E-state index in [4.69, 9.17) is 9.47 Å². The van der Waals surface area contributed by atoms with Crippen molar-refractivity contribution in [3.8, 4) is 0 Å². The standard InChI is InChI=1S/C14H22O2Si/c1-11(2)15-14(16-12(3)4)10-17-13-8-6-5-7-9-13/h5-9,11-12,14H,10H2,1-4H3. The lowest BCUT2D eigenvalue weighted by molar-refractivity contribution is -0.169. The van der Waals surface area contributed by atoms with Gasteiger partial charge in [0.25, 0.3) is 0 Å². The Morgan fingerprint density at radius 3 is 1.94 bits per heavy atom.